The summed E-state index contributed by atoms with van der Waals surface area (Å²) in [5.74, 6) is -0.256. The Kier molecular flexibility index (Phi) is 4.06. The summed E-state index contributed by atoms with van der Waals surface area (Å²) in [6.07, 6.45) is 2.64. The number of rotatable bonds is 3. The number of halogens is 1. The van der Waals surface area contributed by atoms with Crippen molar-refractivity contribution in [3.63, 3.8) is 0 Å². The monoisotopic (exact) mass is 374 g/mol. The summed E-state index contributed by atoms with van der Waals surface area (Å²) in [5.41, 5.74) is 4.13. The Morgan fingerprint density at radius 2 is 1.71 bits per heavy atom. The van der Waals surface area contributed by atoms with Crippen molar-refractivity contribution in [2.45, 2.75) is 12.5 Å². The number of imidazole rings is 1. The molecule has 1 fully saturated rings. The number of hydrogen-bond donors (Lipinski definition) is 1. The summed E-state index contributed by atoms with van der Waals surface area (Å²) >= 11 is 0. The highest BCUT2D eigenvalue weighted by atomic mass is 19.1. The standard InChI is InChI=1S/C22H19FN4O/c23-17-7-3-15(4-8-17)16-5-9-18(10-6-16)26-20-2-1-12-25-21(20)27(22(26)28)19-11-13-24-14-19/h1-10,12,19,24H,11,13-14H2/t19-/m0/s1. The van der Waals surface area contributed by atoms with Gasteiger partial charge in [0.25, 0.3) is 0 Å². The molecule has 0 radical (unpaired) electrons. The molecule has 1 aliphatic rings. The third-order valence-corrected chi connectivity index (χ3v) is 5.34. The van der Waals surface area contributed by atoms with Gasteiger partial charge in [-0.25, -0.2) is 14.2 Å². The van der Waals surface area contributed by atoms with Crippen LogP contribution in [-0.4, -0.2) is 27.2 Å². The maximum absolute atomic E-state index is 13.3. The topological polar surface area (TPSA) is 51.9 Å². The number of fused-ring (bicyclic) bond motifs is 1. The molecule has 2 aromatic carbocycles. The predicted molar refractivity (Wildman–Crippen MR) is 107 cm³/mol. The molecule has 1 aliphatic heterocycles. The Balaban J connectivity index is 1.62. The largest absolute Gasteiger partial charge is 0.335 e. The third kappa shape index (κ3) is 2.73. The molecule has 140 valence electrons. The maximum atomic E-state index is 13.3. The molecule has 1 N–H and O–H groups in total. The summed E-state index contributed by atoms with van der Waals surface area (Å²) in [4.78, 5) is 17.8. The van der Waals surface area contributed by atoms with Gasteiger partial charge < -0.3 is 5.32 Å². The maximum Gasteiger partial charge on any atom is 0.335 e. The van der Waals surface area contributed by atoms with E-state index in [-0.39, 0.29) is 17.5 Å². The Morgan fingerprint density at radius 1 is 1.00 bits per heavy atom. The summed E-state index contributed by atoms with van der Waals surface area (Å²) in [5, 5.41) is 3.32. The number of hydrogen-bond acceptors (Lipinski definition) is 3. The molecule has 0 saturated carbocycles. The highest BCUT2D eigenvalue weighted by Gasteiger charge is 2.24. The minimum absolute atomic E-state index is 0.0723. The lowest BCUT2D eigenvalue weighted by Gasteiger charge is -2.09. The first kappa shape index (κ1) is 16.9. The smallest absolute Gasteiger partial charge is 0.315 e. The quantitative estimate of drug-likeness (QED) is 0.597. The van der Waals surface area contributed by atoms with Crippen molar-refractivity contribution >= 4 is 11.2 Å². The van der Waals surface area contributed by atoms with Crippen molar-refractivity contribution in [2.24, 2.45) is 0 Å². The van der Waals surface area contributed by atoms with Crippen LogP contribution in [0.4, 0.5) is 4.39 Å². The first-order valence-corrected chi connectivity index (χ1v) is 9.37. The predicted octanol–water partition coefficient (Wildman–Crippen LogP) is 3.53. The van der Waals surface area contributed by atoms with E-state index < -0.39 is 0 Å². The van der Waals surface area contributed by atoms with Crippen LogP contribution in [0.5, 0.6) is 0 Å². The molecule has 0 unspecified atom stereocenters. The van der Waals surface area contributed by atoms with Gasteiger partial charge in [0.05, 0.1) is 17.2 Å². The zero-order valence-electron chi connectivity index (χ0n) is 15.2. The molecule has 1 atom stereocenters. The van der Waals surface area contributed by atoms with Crippen LogP contribution in [0.3, 0.4) is 0 Å². The highest BCUT2D eigenvalue weighted by molar-refractivity contribution is 5.75. The van der Waals surface area contributed by atoms with Crippen molar-refractivity contribution in [2.75, 3.05) is 13.1 Å². The van der Waals surface area contributed by atoms with E-state index in [0.29, 0.717) is 5.65 Å². The molecule has 0 aliphatic carbocycles. The first-order chi connectivity index (χ1) is 13.7. The molecule has 28 heavy (non-hydrogen) atoms. The molecule has 0 amide bonds. The molecule has 5 nitrogen and oxygen atoms in total. The van der Waals surface area contributed by atoms with Gasteiger partial charge in [-0.05, 0) is 60.5 Å². The fourth-order valence-corrected chi connectivity index (χ4v) is 3.93. The fraction of sp³-hybridized carbons (Fsp3) is 0.182. The molecule has 1 saturated heterocycles. The molecular weight excluding hydrogens is 355 g/mol. The van der Waals surface area contributed by atoms with Crippen LogP contribution in [0.2, 0.25) is 0 Å². The van der Waals surface area contributed by atoms with Gasteiger partial charge in [-0.2, -0.15) is 0 Å². The normalized spacial score (nSPS) is 16.7. The lowest BCUT2D eigenvalue weighted by molar-refractivity contribution is 0.537. The molecule has 0 spiro atoms. The van der Waals surface area contributed by atoms with Gasteiger partial charge in [0.1, 0.15) is 5.82 Å². The van der Waals surface area contributed by atoms with E-state index in [4.69, 9.17) is 0 Å². The van der Waals surface area contributed by atoms with Crippen molar-refractivity contribution in [3.8, 4) is 16.8 Å². The lowest BCUT2D eigenvalue weighted by atomic mass is 10.1. The van der Waals surface area contributed by atoms with E-state index in [1.165, 1.54) is 12.1 Å². The molecule has 0 bridgehead atoms. The van der Waals surface area contributed by atoms with Gasteiger partial charge in [0.15, 0.2) is 5.65 Å². The Morgan fingerprint density at radius 3 is 2.39 bits per heavy atom. The van der Waals surface area contributed by atoms with Crippen LogP contribution < -0.4 is 11.0 Å². The second-order valence-electron chi connectivity index (χ2n) is 7.03. The van der Waals surface area contributed by atoms with Gasteiger partial charge in [0, 0.05) is 12.7 Å². The second-order valence-corrected chi connectivity index (χ2v) is 7.03. The van der Waals surface area contributed by atoms with Crippen molar-refractivity contribution in [1.82, 2.24) is 19.4 Å². The van der Waals surface area contributed by atoms with E-state index in [9.17, 15) is 9.18 Å². The van der Waals surface area contributed by atoms with Gasteiger partial charge in [-0.15, -0.1) is 0 Å². The van der Waals surface area contributed by atoms with Crippen molar-refractivity contribution in [1.29, 1.82) is 0 Å². The Bertz CT molecular complexity index is 1190. The molecule has 6 heteroatoms. The number of nitrogens with zero attached hydrogens (tertiary/aromatic N) is 3. The van der Waals surface area contributed by atoms with E-state index in [1.54, 1.807) is 22.9 Å². The molecular formula is C22H19FN4O. The lowest BCUT2D eigenvalue weighted by Crippen LogP contribution is -2.28. The first-order valence-electron chi connectivity index (χ1n) is 9.37. The number of pyridine rings is 1. The van der Waals surface area contributed by atoms with Crippen LogP contribution in [0.25, 0.3) is 28.0 Å². The molecule has 3 heterocycles. The van der Waals surface area contributed by atoms with Gasteiger partial charge in [-0.1, -0.05) is 24.3 Å². The number of aromatic nitrogens is 3. The van der Waals surface area contributed by atoms with E-state index in [2.05, 4.69) is 10.3 Å². The molecule has 2 aromatic heterocycles. The summed E-state index contributed by atoms with van der Waals surface area (Å²) in [6, 6.07) is 18.0. The van der Waals surface area contributed by atoms with Gasteiger partial charge in [0.2, 0.25) is 0 Å². The van der Waals surface area contributed by atoms with Crippen LogP contribution in [0.1, 0.15) is 12.5 Å². The SMILES string of the molecule is O=c1n(-c2ccc(-c3ccc(F)cc3)cc2)c2cccnc2n1[C@H]1CCNC1. The van der Waals surface area contributed by atoms with Crippen molar-refractivity contribution in [3.05, 3.63) is 83.2 Å². The van der Waals surface area contributed by atoms with Crippen LogP contribution in [0.15, 0.2) is 71.7 Å². The number of nitrogens with one attached hydrogen (secondary N) is 1. The van der Waals surface area contributed by atoms with E-state index in [1.807, 2.05) is 41.0 Å². The second kappa shape index (κ2) is 6.73. The number of benzene rings is 2. The summed E-state index contributed by atoms with van der Waals surface area (Å²) in [7, 11) is 0. The average Bonchev–Trinajstić information content (AvgIpc) is 3.34. The summed E-state index contributed by atoms with van der Waals surface area (Å²) < 4.78 is 16.7. The zero-order valence-corrected chi connectivity index (χ0v) is 15.2. The zero-order chi connectivity index (χ0) is 19.1. The average molecular weight is 374 g/mol. The van der Waals surface area contributed by atoms with Crippen LogP contribution >= 0.6 is 0 Å². The van der Waals surface area contributed by atoms with E-state index >= 15 is 0 Å². The van der Waals surface area contributed by atoms with Crippen LogP contribution in [-0.2, 0) is 0 Å². The Labute approximate surface area is 161 Å². The van der Waals surface area contributed by atoms with Crippen LogP contribution in [0, 0.1) is 5.82 Å². The van der Waals surface area contributed by atoms with Gasteiger partial charge >= 0.3 is 5.69 Å². The fourth-order valence-electron chi connectivity index (χ4n) is 3.93. The minimum Gasteiger partial charge on any atom is -0.315 e. The van der Waals surface area contributed by atoms with E-state index in [0.717, 1.165) is 41.8 Å². The minimum atomic E-state index is -0.256. The van der Waals surface area contributed by atoms with Crippen molar-refractivity contribution < 1.29 is 4.39 Å². The Hall–Kier alpha value is -3.25. The third-order valence-electron chi connectivity index (χ3n) is 5.34. The molecule has 4 aromatic rings. The highest BCUT2D eigenvalue weighted by Crippen LogP contribution is 2.24. The molecule has 5 rings (SSSR count). The van der Waals surface area contributed by atoms with Gasteiger partial charge in [-0.3, -0.25) is 9.13 Å². The summed E-state index contributed by atoms with van der Waals surface area (Å²) in [6.45, 7) is 1.68.